The van der Waals surface area contributed by atoms with Crippen molar-refractivity contribution in [2.75, 3.05) is 13.1 Å². The molecule has 8 heteroatoms. The molecule has 26 heavy (non-hydrogen) atoms. The minimum absolute atomic E-state index is 0.0754. The first-order valence-corrected chi connectivity index (χ1v) is 8.86. The topological polar surface area (TPSA) is 106 Å². The Hall–Kier alpha value is -2.90. The van der Waals surface area contributed by atoms with Crippen molar-refractivity contribution < 1.29 is 9.59 Å². The molecule has 3 N–H and O–H groups in total. The lowest BCUT2D eigenvalue weighted by molar-refractivity contribution is -0.126. The van der Waals surface area contributed by atoms with Crippen LogP contribution in [0.1, 0.15) is 24.2 Å². The Bertz CT molecular complexity index is 745. The van der Waals surface area contributed by atoms with E-state index in [-0.39, 0.29) is 11.8 Å². The van der Waals surface area contributed by atoms with Gasteiger partial charge >= 0.3 is 6.03 Å². The van der Waals surface area contributed by atoms with E-state index in [4.69, 9.17) is 5.73 Å². The Morgan fingerprint density at radius 2 is 2.08 bits per heavy atom. The summed E-state index contributed by atoms with van der Waals surface area (Å²) in [5, 5.41) is 11.0. The standard InChI is InChI=1S/C18H24N6O2/c19-18(26)23-9-4-7-15(12-23)17(25)20-11-16-22-21-13-24(16)10-8-14-5-2-1-3-6-14/h1-3,5-6,13,15H,4,7-12H2,(H2,19,26)(H,20,25). The van der Waals surface area contributed by atoms with Gasteiger partial charge in [0.25, 0.3) is 0 Å². The van der Waals surface area contributed by atoms with Crippen LogP contribution in [-0.2, 0) is 24.3 Å². The van der Waals surface area contributed by atoms with Crippen molar-refractivity contribution in [2.24, 2.45) is 11.7 Å². The van der Waals surface area contributed by atoms with Gasteiger partial charge in [-0.2, -0.15) is 0 Å². The normalized spacial score (nSPS) is 17.1. The van der Waals surface area contributed by atoms with Gasteiger partial charge in [-0.25, -0.2) is 4.79 Å². The molecule has 1 fully saturated rings. The average molecular weight is 356 g/mol. The second kappa shape index (κ2) is 8.46. The van der Waals surface area contributed by atoms with Gasteiger partial charge in [0.05, 0.1) is 12.5 Å². The lowest BCUT2D eigenvalue weighted by Crippen LogP contribution is -2.47. The third kappa shape index (κ3) is 4.59. The van der Waals surface area contributed by atoms with E-state index in [1.807, 2.05) is 22.8 Å². The number of piperidine rings is 1. The van der Waals surface area contributed by atoms with E-state index < -0.39 is 6.03 Å². The maximum atomic E-state index is 12.4. The maximum absolute atomic E-state index is 12.4. The van der Waals surface area contributed by atoms with Crippen molar-refractivity contribution >= 4 is 11.9 Å². The van der Waals surface area contributed by atoms with Crippen LogP contribution in [0.3, 0.4) is 0 Å². The van der Waals surface area contributed by atoms with Crippen LogP contribution in [0.15, 0.2) is 36.7 Å². The number of nitrogens with zero attached hydrogens (tertiary/aromatic N) is 4. The third-order valence-electron chi connectivity index (χ3n) is 4.70. The Labute approximate surface area is 152 Å². The van der Waals surface area contributed by atoms with Crippen molar-refractivity contribution in [2.45, 2.75) is 32.4 Å². The summed E-state index contributed by atoms with van der Waals surface area (Å²) < 4.78 is 1.95. The van der Waals surface area contributed by atoms with Gasteiger partial charge in [0.1, 0.15) is 6.33 Å². The summed E-state index contributed by atoms with van der Waals surface area (Å²) in [7, 11) is 0. The zero-order chi connectivity index (χ0) is 18.4. The molecule has 3 amide bonds. The molecule has 1 aliphatic heterocycles. The van der Waals surface area contributed by atoms with E-state index in [2.05, 4.69) is 27.6 Å². The molecule has 0 spiro atoms. The molecule has 1 aromatic heterocycles. The monoisotopic (exact) mass is 356 g/mol. The molecule has 1 aliphatic rings. The van der Waals surface area contributed by atoms with Crippen LogP contribution in [0.4, 0.5) is 4.79 Å². The van der Waals surface area contributed by atoms with Crippen LogP contribution in [0.5, 0.6) is 0 Å². The van der Waals surface area contributed by atoms with Crippen molar-refractivity contribution in [3.8, 4) is 0 Å². The Balaban J connectivity index is 1.51. The summed E-state index contributed by atoms with van der Waals surface area (Å²) in [6.07, 6.45) is 4.10. The molecule has 138 valence electrons. The number of carbonyl (C=O) groups is 2. The van der Waals surface area contributed by atoms with Gasteiger partial charge in [-0.1, -0.05) is 30.3 Å². The Morgan fingerprint density at radius 3 is 2.85 bits per heavy atom. The minimum atomic E-state index is -0.469. The number of benzene rings is 1. The van der Waals surface area contributed by atoms with E-state index in [1.54, 1.807) is 6.33 Å². The molecule has 0 radical (unpaired) electrons. The highest BCUT2D eigenvalue weighted by Gasteiger charge is 2.27. The molecule has 1 aromatic carbocycles. The highest BCUT2D eigenvalue weighted by molar-refractivity contribution is 5.80. The average Bonchev–Trinajstić information content (AvgIpc) is 3.12. The number of hydrogen-bond donors (Lipinski definition) is 2. The van der Waals surface area contributed by atoms with Gasteiger partial charge in [-0.05, 0) is 24.8 Å². The second-order valence-electron chi connectivity index (χ2n) is 6.52. The van der Waals surface area contributed by atoms with Crippen LogP contribution >= 0.6 is 0 Å². The predicted molar refractivity (Wildman–Crippen MR) is 95.9 cm³/mol. The molecule has 3 rings (SSSR count). The number of nitrogens with one attached hydrogen (secondary N) is 1. The number of hydrogen-bond acceptors (Lipinski definition) is 4. The zero-order valence-electron chi connectivity index (χ0n) is 14.7. The molecule has 1 atom stereocenters. The first kappa shape index (κ1) is 17.9. The van der Waals surface area contributed by atoms with E-state index >= 15 is 0 Å². The number of nitrogens with two attached hydrogens (primary N) is 1. The van der Waals surface area contributed by atoms with Crippen LogP contribution in [-0.4, -0.2) is 44.7 Å². The number of rotatable bonds is 6. The number of primary amides is 1. The fourth-order valence-electron chi connectivity index (χ4n) is 3.20. The molecular formula is C18H24N6O2. The van der Waals surface area contributed by atoms with E-state index in [1.165, 1.54) is 10.5 Å². The van der Waals surface area contributed by atoms with Crippen molar-refractivity contribution in [1.82, 2.24) is 25.0 Å². The molecule has 0 aliphatic carbocycles. The van der Waals surface area contributed by atoms with Gasteiger partial charge in [-0.3, -0.25) is 4.79 Å². The van der Waals surface area contributed by atoms with Crippen LogP contribution < -0.4 is 11.1 Å². The second-order valence-corrected chi connectivity index (χ2v) is 6.52. The fourth-order valence-corrected chi connectivity index (χ4v) is 3.20. The summed E-state index contributed by atoms with van der Waals surface area (Å²) in [5.41, 5.74) is 6.56. The van der Waals surface area contributed by atoms with Crippen LogP contribution in [0, 0.1) is 5.92 Å². The molecule has 2 aromatic rings. The lowest BCUT2D eigenvalue weighted by atomic mass is 9.97. The van der Waals surface area contributed by atoms with Crippen LogP contribution in [0.25, 0.3) is 0 Å². The first-order chi connectivity index (χ1) is 12.6. The van der Waals surface area contributed by atoms with Gasteiger partial charge < -0.3 is 20.5 Å². The summed E-state index contributed by atoms with van der Waals surface area (Å²) in [6.45, 7) is 2.07. The molecule has 0 bridgehead atoms. The lowest BCUT2D eigenvalue weighted by Gasteiger charge is -2.30. The Kier molecular flexibility index (Phi) is 5.83. The largest absolute Gasteiger partial charge is 0.351 e. The number of aromatic nitrogens is 3. The van der Waals surface area contributed by atoms with Gasteiger partial charge in [0.15, 0.2) is 5.82 Å². The minimum Gasteiger partial charge on any atom is -0.351 e. The smallest absolute Gasteiger partial charge is 0.314 e. The van der Waals surface area contributed by atoms with Crippen molar-refractivity contribution in [1.29, 1.82) is 0 Å². The van der Waals surface area contributed by atoms with E-state index in [0.717, 1.165) is 31.6 Å². The number of urea groups is 1. The summed E-state index contributed by atoms with van der Waals surface area (Å²) in [5.74, 6) is 0.419. The quantitative estimate of drug-likeness (QED) is 0.803. The van der Waals surface area contributed by atoms with Crippen molar-refractivity contribution in [3.63, 3.8) is 0 Å². The van der Waals surface area contributed by atoms with Gasteiger partial charge in [0.2, 0.25) is 5.91 Å². The highest BCUT2D eigenvalue weighted by atomic mass is 16.2. The SMILES string of the molecule is NC(=O)N1CCCC(C(=O)NCc2nncn2CCc2ccccc2)C1. The first-order valence-electron chi connectivity index (χ1n) is 8.86. The fraction of sp³-hybridized carbons (Fsp3) is 0.444. The predicted octanol–water partition coefficient (Wildman–Crippen LogP) is 0.928. The highest BCUT2D eigenvalue weighted by Crippen LogP contribution is 2.16. The summed E-state index contributed by atoms with van der Waals surface area (Å²) in [4.78, 5) is 25.2. The Morgan fingerprint density at radius 1 is 1.27 bits per heavy atom. The number of carbonyl (C=O) groups excluding carboxylic acids is 2. The van der Waals surface area contributed by atoms with E-state index in [0.29, 0.717) is 19.6 Å². The maximum Gasteiger partial charge on any atom is 0.314 e. The summed E-state index contributed by atoms with van der Waals surface area (Å²) >= 11 is 0. The van der Waals surface area contributed by atoms with Gasteiger partial charge in [-0.15, -0.1) is 10.2 Å². The number of aryl methyl sites for hydroxylation is 2. The zero-order valence-corrected chi connectivity index (χ0v) is 14.7. The molecule has 0 saturated carbocycles. The van der Waals surface area contributed by atoms with E-state index in [9.17, 15) is 9.59 Å². The van der Waals surface area contributed by atoms with Crippen molar-refractivity contribution in [3.05, 3.63) is 48.0 Å². The molecule has 1 saturated heterocycles. The molecular weight excluding hydrogens is 332 g/mol. The molecule has 1 unspecified atom stereocenters. The molecule has 2 heterocycles. The molecule has 8 nitrogen and oxygen atoms in total. The third-order valence-corrected chi connectivity index (χ3v) is 4.70. The van der Waals surface area contributed by atoms with Crippen LogP contribution in [0.2, 0.25) is 0 Å². The number of likely N-dealkylation sites (tertiary alicyclic amines) is 1. The summed E-state index contributed by atoms with van der Waals surface area (Å²) in [6, 6.07) is 9.72. The number of amides is 3. The van der Waals surface area contributed by atoms with Gasteiger partial charge in [0, 0.05) is 19.6 Å².